The van der Waals surface area contributed by atoms with Gasteiger partial charge in [0.05, 0.1) is 17.1 Å². The Labute approximate surface area is 108 Å². The van der Waals surface area contributed by atoms with Crippen molar-refractivity contribution in [3.05, 3.63) is 23.1 Å². The van der Waals surface area contributed by atoms with Gasteiger partial charge in [-0.2, -0.15) is 10.2 Å². The van der Waals surface area contributed by atoms with E-state index in [1.807, 2.05) is 16.3 Å². The molecule has 98 valence electrons. The Kier molecular flexibility index (Phi) is 3.41. The lowest BCUT2D eigenvalue weighted by atomic mass is 10.2. The third kappa shape index (κ3) is 1.89. The van der Waals surface area contributed by atoms with Crippen LogP contribution in [0.2, 0.25) is 0 Å². The standard InChI is InChI=1S/C13H21N5/c1-5-10-8-11(6-2)18(16-10)13-12(14)9(4)15-17(13)7-3/h8H,5-7,14H2,1-4H3. The molecule has 0 radical (unpaired) electrons. The number of aryl methyl sites for hydroxylation is 4. The summed E-state index contributed by atoms with van der Waals surface area (Å²) in [5.74, 6) is 0.895. The quantitative estimate of drug-likeness (QED) is 0.900. The lowest BCUT2D eigenvalue weighted by Gasteiger charge is -2.08. The van der Waals surface area contributed by atoms with Crippen molar-refractivity contribution in [3.63, 3.8) is 0 Å². The highest BCUT2D eigenvalue weighted by molar-refractivity contribution is 5.57. The van der Waals surface area contributed by atoms with Crippen LogP contribution in [0.25, 0.3) is 5.82 Å². The fourth-order valence-electron chi connectivity index (χ4n) is 2.11. The number of hydrogen-bond acceptors (Lipinski definition) is 3. The Morgan fingerprint density at radius 2 is 1.89 bits per heavy atom. The third-order valence-electron chi connectivity index (χ3n) is 3.20. The lowest BCUT2D eigenvalue weighted by molar-refractivity contribution is 0.609. The molecule has 0 unspecified atom stereocenters. The van der Waals surface area contributed by atoms with E-state index >= 15 is 0 Å². The molecule has 0 atom stereocenters. The first kappa shape index (κ1) is 12.7. The van der Waals surface area contributed by atoms with Gasteiger partial charge < -0.3 is 5.73 Å². The Hall–Kier alpha value is -1.78. The van der Waals surface area contributed by atoms with Gasteiger partial charge in [-0.15, -0.1) is 0 Å². The van der Waals surface area contributed by atoms with Crippen LogP contribution in [0.4, 0.5) is 5.69 Å². The maximum absolute atomic E-state index is 6.14. The molecule has 0 fully saturated rings. The molecule has 0 saturated heterocycles. The molecule has 0 aliphatic rings. The van der Waals surface area contributed by atoms with Crippen molar-refractivity contribution < 1.29 is 0 Å². The van der Waals surface area contributed by atoms with E-state index < -0.39 is 0 Å². The van der Waals surface area contributed by atoms with E-state index in [0.717, 1.165) is 42.3 Å². The van der Waals surface area contributed by atoms with E-state index in [0.29, 0.717) is 0 Å². The summed E-state index contributed by atoms with van der Waals surface area (Å²) < 4.78 is 3.86. The van der Waals surface area contributed by atoms with Crippen LogP contribution in [0.1, 0.15) is 37.9 Å². The summed E-state index contributed by atoms with van der Waals surface area (Å²) in [6.07, 6.45) is 1.86. The third-order valence-corrected chi connectivity index (χ3v) is 3.20. The molecule has 2 heterocycles. The largest absolute Gasteiger partial charge is 0.394 e. The van der Waals surface area contributed by atoms with E-state index in [1.165, 1.54) is 5.69 Å². The van der Waals surface area contributed by atoms with Crippen molar-refractivity contribution in [1.82, 2.24) is 19.6 Å². The average Bonchev–Trinajstić information content (AvgIpc) is 2.91. The molecule has 0 amide bonds. The lowest BCUT2D eigenvalue weighted by Crippen LogP contribution is -2.11. The summed E-state index contributed by atoms with van der Waals surface area (Å²) >= 11 is 0. The van der Waals surface area contributed by atoms with Gasteiger partial charge >= 0.3 is 0 Å². The maximum atomic E-state index is 6.14. The molecule has 2 aromatic heterocycles. The maximum Gasteiger partial charge on any atom is 0.175 e. The van der Waals surface area contributed by atoms with Crippen molar-refractivity contribution in [2.75, 3.05) is 5.73 Å². The number of nitrogen functional groups attached to an aromatic ring is 1. The Morgan fingerprint density at radius 1 is 1.17 bits per heavy atom. The Morgan fingerprint density at radius 3 is 2.44 bits per heavy atom. The molecule has 0 aliphatic heterocycles. The molecule has 0 spiro atoms. The molecule has 0 saturated carbocycles. The van der Waals surface area contributed by atoms with Gasteiger partial charge in [0.15, 0.2) is 5.82 Å². The van der Waals surface area contributed by atoms with Crippen molar-refractivity contribution in [1.29, 1.82) is 0 Å². The van der Waals surface area contributed by atoms with Gasteiger partial charge in [0.1, 0.15) is 0 Å². The average molecular weight is 247 g/mol. The normalized spacial score (nSPS) is 11.1. The predicted octanol–water partition coefficient (Wildman–Crippen LogP) is 2.10. The second kappa shape index (κ2) is 4.84. The zero-order valence-electron chi connectivity index (χ0n) is 11.6. The van der Waals surface area contributed by atoms with Crippen molar-refractivity contribution in [2.24, 2.45) is 0 Å². The SMILES string of the molecule is CCc1cc(CC)n(-c2c(N)c(C)nn2CC)n1. The van der Waals surface area contributed by atoms with Crippen LogP contribution in [-0.2, 0) is 19.4 Å². The van der Waals surface area contributed by atoms with Gasteiger partial charge in [-0.05, 0) is 32.8 Å². The minimum absolute atomic E-state index is 0.720. The first-order valence-corrected chi connectivity index (χ1v) is 6.53. The van der Waals surface area contributed by atoms with Crippen molar-refractivity contribution >= 4 is 5.69 Å². The summed E-state index contributed by atoms with van der Waals surface area (Å²) in [5.41, 5.74) is 9.99. The highest BCUT2D eigenvalue weighted by Gasteiger charge is 2.17. The molecule has 5 nitrogen and oxygen atoms in total. The minimum Gasteiger partial charge on any atom is -0.394 e. The highest BCUT2D eigenvalue weighted by atomic mass is 15.4. The first-order chi connectivity index (χ1) is 8.62. The van der Waals surface area contributed by atoms with E-state index in [9.17, 15) is 0 Å². The van der Waals surface area contributed by atoms with Crippen molar-refractivity contribution in [2.45, 2.75) is 47.1 Å². The molecule has 5 heteroatoms. The summed E-state index contributed by atoms with van der Waals surface area (Å²) in [7, 11) is 0. The van der Waals surface area contributed by atoms with E-state index in [1.54, 1.807) is 0 Å². The van der Waals surface area contributed by atoms with Crippen molar-refractivity contribution in [3.8, 4) is 5.82 Å². The number of anilines is 1. The monoisotopic (exact) mass is 247 g/mol. The topological polar surface area (TPSA) is 61.7 Å². The molecule has 0 aromatic carbocycles. The van der Waals surface area contributed by atoms with E-state index in [4.69, 9.17) is 5.73 Å². The van der Waals surface area contributed by atoms with E-state index in [2.05, 4.69) is 37.0 Å². The number of nitrogens with two attached hydrogens (primary N) is 1. The molecule has 0 bridgehead atoms. The van der Waals surface area contributed by atoms with Crippen LogP contribution >= 0.6 is 0 Å². The number of rotatable bonds is 4. The second-order valence-corrected chi connectivity index (χ2v) is 4.38. The Bertz CT molecular complexity index is 550. The van der Waals surface area contributed by atoms with E-state index in [-0.39, 0.29) is 0 Å². The van der Waals surface area contributed by atoms with Gasteiger partial charge in [0.25, 0.3) is 0 Å². The molecular formula is C13H21N5. The molecular weight excluding hydrogens is 226 g/mol. The second-order valence-electron chi connectivity index (χ2n) is 4.38. The van der Waals surface area contributed by atoms with Gasteiger partial charge in [-0.1, -0.05) is 13.8 Å². The van der Waals surface area contributed by atoms with Gasteiger partial charge in [-0.3, -0.25) is 0 Å². The Balaban J connectivity index is 2.63. The number of aromatic nitrogens is 4. The molecule has 2 aromatic rings. The fourth-order valence-corrected chi connectivity index (χ4v) is 2.11. The summed E-state index contributed by atoms with van der Waals surface area (Å²) in [6, 6.07) is 2.14. The van der Waals surface area contributed by atoms with Crippen LogP contribution < -0.4 is 5.73 Å². The van der Waals surface area contributed by atoms with Gasteiger partial charge in [-0.25, -0.2) is 9.36 Å². The van der Waals surface area contributed by atoms with Crippen LogP contribution in [-0.4, -0.2) is 19.6 Å². The molecule has 2 rings (SSSR count). The first-order valence-electron chi connectivity index (χ1n) is 6.53. The summed E-state index contributed by atoms with van der Waals surface area (Å²) in [6.45, 7) is 9.02. The van der Waals surface area contributed by atoms with Crippen LogP contribution in [0, 0.1) is 6.92 Å². The van der Waals surface area contributed by atoms with Crippen LogP contribution in [0.15, 0.2) is 6.07 Å². The number of hydrogen-bond donors (Lipinski definition) is 1. The minimum atomic E-state index is 0.720. The zero-order valence-corrected chi connectivity index (χ0v) is 11.6. The predicted molar refractivity (Wildman–Crippen MR) is 72.9 cm³/mol. The summed E-state index contributed by atoms with van der Waals surface area (Å²) in [5, 5.41) is 9.07. The molecule has 0 aliphatic carbocycles. The smallest absolute Gasteiger partial charge is 0.175 e. The van der Waals surface area contributed by atoms with Gasteiger partial charge in [0.2, 0.25) is 0 Å². The summed E-state index contributed by atoms with van der Waals surface area (Å²) in [4.78, 5) is 0. The molecule has 18 heavy (non-hydrogen) atoms. The zero-order chi connectivity index (χ0) is 13.3. The van der Waals surface area contributed by atoms with Crippen LogP contribution in [0.5, 0.6) is 0 Å². The van der Waals surface area contributed by atoms with Gasteiger partial charge in [0, 0.05) is 12.2 Å². The van der Waals surface area contributed by atoms with Crippen LogP contribution in [0.3, 0.4) is 0 Å². The number of nitrogens with zero attached hydrogens (tertiary/aromatic N) is 4. The fraction of sp³-hybridized carbons (Fsp3) is 0.538. The molecule has 2 N–H and O–H groups in total. The highest BCUT2D eigenvalue weighted by Crippen LogP contribution is 2.23.